The third-order valence-corrected chi connectivity index (χ3v) is 4.50. The first-order valence-corrected chi connectivity index (χ1v) is 7.13. The average Bonchev–Trinajstić information content (AvgIpc) is 2.50. The fourth-order valence-electron chi connectivity index (χ4n) is 2.43. The highest BCUT2D eigenvalue weighted by molar-refractivity contribution is 7.99. The molecule has 0 saturated carbocycles. The molecule has 4 heteroatoms. The minimum atomic E-state index is -0.725. The number of methoxy groups -OCH3 is 1. The average molecular weight is 266 g/mol. The first-order chi connectivity index (χ1) is 8.61. The molecule has 0 aromatic heterocycles. The first-order valence-electron chi connectivity index (χ1n) is 6.15. The van der Waals surface area contributed by atoms with Crippen LogP contribution in [0.4, 0.5) is 0 Å². The third kappa shape index (κ3) is 2.80. The zero-order valence-corrected chi connectivity index (χ0v) is 11.5. The number of ether oxygens (including phenoxy) is 1. The molecule has 18 heavy (non-hydrogen) atoms. The van der Waals surface area contributed by atoms with Gasteiger partial charge in [-0.25, -0.2) is 0 Å². The Hall–Kier alpha value is -1.16. The number of carbonyl (C=O) groups is 1. The third-order valence-electron chi connectivity index (χ3n) is 3.34. The van der Waals surface area contributed by atoms with E-state index in [4.69, 9.17) is 9.84 Å². The van der Waals surface area contributed by atoms with Gasteiger partial charge in [0.1, 0.15) is 5.75 Å². The van der Waals surface area contributed by atoms with Gasteiger partial charge in [-0.1, -0.05) is 0 Å². The van der Waals surface area contributed by atoms with E-state index in [1.165, 1.54) is 4.90 Å². The maximum atomic E-state index is 11.0. The lowest BCUT2D eigenvalue weighted by Gasteiger charge is -2.17. The molecule has 0 spiro atoms. The highest BCUT2D eigenvalue weighted by Crippen LogP contribution is 2.40. The van der Waals surface area contributed by atoms with Crippen LogP contribution in [0.25, 0.3) is 0 Å². The van der Waals surface area contributed by atoms with Crippen molar-refractivity contribution in [2.24, 2.45) is 0 Å². The van der Waals surface area contributed by atoms with Crippen molar-refractivity contribution in [3.05, 3.63) is 23.3 Å². The van der Waals surface area contributed by atoms with Crippen LogP contribution < -0.4 is 4.74 Å². The van der Waals surface area contributed by atoms with E-state index in [1.54, 1.807) is 7.11 Å². The topological polar surface area (TPSA) is 46.5 Å². The molecule has 0 fully saturated rings. The quantitative estimate of drug-likeness (QED) is 0.910. The molecule has 1 aromatic carbocycles. The van der Waals surface area contributed by atoms with Crippen molar-refractivity contribution < 1.29 is 14.6 Å². The summed E-state index contributed by atoms with van der Waals surface area (Å²) in [7, 11) is 1.66. The maximum Gasteiger partial charge on any atom is 0.303 e. The van der Waals surface area contributed by atoms with Crippen LogP contribution in [-0.4, -0.2) is 23.9 Å². The Balaban J connectivity index is 2.41. The zero-order valence-electron chi connectivity index (χ0n) is 10.7. The maximum absolute atomic E-state index is 11.0. The molecule has 1 unspecified atom stereocenters. The lowest BCUT2D eigenvalue weighted by atomic mass is 9.90. The van der Waals surface area contributed by atoms with E-state index in [2.05, 4.69) is 6.07 Å². The largest absolute Gasteiger partial charge is 0.496 e. The fraction of sp³-hybridized carbons (Fsp3) is 0.500. The van der Waals surface area contributed by atoms with Crippen LogP contribution in [0.2, 0.25) is 0 Å². The van der Waals surface area contributed by atoms with E-state index in [9.17, 15) is 4.79 Å². The Morgan fingerprint density at radius 3 is 3.00 bits per heavy atom. The lowest BCUT2D eigenvalue weighted by molar-refractivity contribution is -0.137. The Bertz CT molecular complexity index is 457. The molecule has 0 saturated heterocycles. The second kappa shape index (κ2) is 5.65. The first kappa shape index (κ1) is 13.3. The van der Waals surface area contributed by atoms with Gasteiger partial charge in [-0.15, -0.1) is 11.8 Å². The minimum Gasteiger partial charge on any atom is -0.496 e. The molecule has 3 nitrogen and oxygen atoms in total. The zero-order chi connectivity index (χ0) is 13.1. The molecule has 1 heterocycles. The SMILES string of the molecule is COc1cc2c(cc1C)SCCCC2CC(=O)O. The smallest absolute Gasteiger partial charge is 0.303 e. The summed E-state index contributed by atoms with van der Waals surface area (Å²) in [4.78, 5) is 12.2. The highest BCUT2D eigenvalue weighted by Gasteiger charge is 2.23. The van der Waals surface area contributed by atoms with Crippen LogP contribution in [-0.2, 0) is 4.79 Å². The summed E-state index contributed by atoms with van der Waals surface area (Å²) in [6, 6.07) is 4.15. The number of thioether (sulfide) groups is 1. The fourth-order valence-corrected chi connectivity index (χ4v) is 3.61. The van der Waals surface area contributed by atoms with E-state index in [0.717, 1.165) is 35.5 Å². The van der Waals surface area contributed by atoms with Crippen LogP contribution >= 0.6 is 11.8 Å². The predicted molar refractivity (Wildman–Crippen MR) is 72.7 cm³/mol. The number of rotatable bonds is 3. The second-order valence-corrected chi connectivity index (χ2v) is 5.78. The standard InChI is InChI=1S/C14H18O3S/c1-9-6-13-11(8-12(9)17-2)10(7-14(15)16)4-3-5-18-13/h6,8,10H,3-5,7H2,1-2H3,(H,15,16). The van der Waals surface area contributed by atoms with Crippen LogP contribution in [0.1, 0.15) is 36.3 Å². The summed E-state index contributed by atoms with van der Waals surface area (Å²) in [5.74, 6) is 1.31. The van der Waals surface area contributed by atoms with Crippen molar-refractivity contribution in [3.8, 4) is 5.75 Å². The minimum absolute atomic E-state index is 0.113. The van der Waals surface area contributed by atoms with E-state index in [1.807, 2.05) is 24.8 Å². The normalized spacial score (nSPS) is 18.9. The van der Waals surface area contributed by atoms with Crippen molar-refractivity contribution in [1.82, 2.24) is 0 Å². The van der Waals surface area contributed by atoms with Gasteiger partial charge in [0.25, 0.3) is 0 Å². The van der Waals surface area contributed by atoms with Crippen molar-refractivity contribution >= 4 is 17.7 Å². The van der Waals surface area contributed by atoms with Gasteiger partial charge in [-0.3, -0.25) is 4.79 Å². The number of aliphatic carboxylic acids is 1. The number of hydrogen-bond donors (Lipinski definition) is 1. The summed E-state index contributed by atoms with van der Waals surface area (Å²) < 4.78 is 5.35. The molecule has 1 aliphatic heterocycles. The Kier molecular flexibility index (Phi) is 4.17. The molecule has 1 N–H and O–H groups in total. The van der Waals surface area contributed by atoms with Crippen LogP contribution in [0.15, 0.2) is 17.0 Å². The summed E-state index contributed by atoms with van der Waals surface area (Å²) in [6.45, 7) is 2.02. The van der Waals surface area contributed by atoms with Crippen LogP contribution in [0.3, 0.4) is 0 Å². The Morgan fingerprint density at radius 2 is 2.33 bits per heavy atom. The number of hydrogen-bond acceptors (Lipinski definition) is 3. The number of benzene rings is 1. The molecule has 2 rings (SSSR count). The van der Waals surface area contributed by atoms with Gasteiger partial charge in [0.05, 0.1) is 13.5 Å². The van der Waals surface area contributed by atoms with Gasteiger partial charge >= 0.3 is 5.97 Å². The summed E-state index contributed by atoms with van der Waals surface area (Å²) in [5.41, 5.74) is 2.25. The molecule has 1 aromatic rings. The monoisotopic (exact) mass is 266 g/mol. The van der Waals surface area contributed by atoms with E-state index in [-0.39, 0.29) is 12.3 Å². The molecule has 98 valence electrons. The van der Waals surface area contributed by atoms with Gasteiger partial charge < -0.3 is 9.84 Å². The number of carboxylic acid groups (broad SMARTS) is 1. The highest BCUT2D eigenvalue weighted by atomic mass is 32.2. The molecule has 0 radical (unpaired) electrons. The molecule has 0 amide bonds. The summed E-state index contributed by atoms with van der Waals surface area (Å²) in [6.07, 6.45) is 2.22. The van der Waals surface area contributed by atoms with Crippen LogP contribution in [0.5, 0.6) is 5.75 Å². The number of carboxylic acids is 1. The van der Waals surface area contributed by atoms with Crippen molar-refractivity contribution in [3.63, 3.8) is 0 Å². The van der Waals surface area contributed by atoms with Gasteiger partial charge in [0.2, 0.25) is 0 Å². The van der Waals surface area contributed by atoms with Gasteiger partial charge in [-0.05, 0) is 54.7 Å². The van der Waals surface area contributed by atoms with Gasteiger partial charge in [0.15, 0.2) is 0 Å². The van der Waals surface area contributed by atoms with Gasteiger partial charge in [-0.2, -0.15) is 0 Å². The van der Waals surface area contributed by atoms with Crippen molar-refractivity contribution in [1.29, 1.82) is 0 Å². The predicted octanol–water partition coefficient (Wildman–Crippen LogP) is 3.45. The second-order valence-electron chi connectivity index (χ2n) is 4.65. The van der Waals surface area contributed by atoms with Crippen molar-refractivity contribution in [2.75, 3.05) is 12.9 Å². The Labute approximate surface area is 112 Å². The molecule has 1 aliphatic rings. The molecule has 0 bridgehead atoms. The van der Waals surface area contributed by atoms with Crippen LogP contribution in [0, 0.1) is 6.92 Å². The summed E-state index contributed by atoms with van der Waals surface area (Å²) >= 11 is 1.83. The van der Waals surface area contributed by atoms with Gasteiger partial charge in [0, 0.05) is 4.90 Å². The van der Waals surface area contributed by atoms with E-state index in [0.29, 0.717) is 0 Å². The molecule has 0 aliphatic carbocycles. The summed E-state index contributed by atoms with van der Waals surface area (Å²) in [5, 5.41) is 9.03. The molecule has 1 atom stereocenters. The Morgan fingerprint density at radius 1 is 1.56 bits per heavy atom. The number of fused-ring (bicyclic) bond motifs is 1. The van der Waals surface area contributed by atoms with Crippen molar-refractivity contribution in [2.45, 2.75) is 37.0 Å². The number of aryl methyl sites for hydroxylation is 1. The van der Waals surface area contributed by atoms with E-state index >= 15 is 0 Å². The molecular weight excluding hydrogens is 248 g/mol. The molecular formula is C14H18O3S. The van der Waals surface area contributed by atoms with E-state index < -0.39 is 5.97 Å². The lowest BCUT2D eigenvalue weighted by Crippen LogP contribution is -2.07.